The molecule has 1 aliphatic carbocycles. The number of allylic oxidation sites excluding steroid dienone is 1. The lowest BCUT2D eigenvalue weighted by Gasteiger charge is -2.31. The van der Waals surface area contributed by atoms with E-state index >= 15 is 0 Å². The Morgan fingerprint density at radius 3 is 2.56 bits per heavy atom. The molecule has 1 saturated heterocycles. The Balaban J connectivity index is 1.25. The average molecular weight is 579 g/mol. The van der Waals surface area contributed by atoms with Gasteiger partial charge in [0, 0.05) is 42.2 Å². The zero-order valence-corrected chi connectivity index (χ0v) is 25.7. The van der Waals surface area contributed by atoms with Crippen molar-refractivity contribution in [3.8, 4) is 5.69 Å². The van der Waals surface area contributed by atoms with Gasteiger partial charge in [-0.1, -0.05) is 57.2 Å². The summed E-state index contributed by atoms with van der Waals surface area (Å²) in [6.45, 7) is 13.1. The Morgan fingerprint density at radius 2 is 1.81 bits per heavy atom. The highest BCUT2D eigenvalue weighted by atomic mass is 16.5. The van der Waals surface area contributed by atoms with Crippen molar-refractivity contribution in [2.24, 2.45) is 5.92 Å². The lowest BCUT2D eigenvalue weighted by molar-refractivity contribution is 0.0327. The Kier molecular flexibility index (Phi) is 8.32. The molecule has 2 aromatic carbocycles. The van der Waals surface area contributed by atoms with Crippen LogP contribution in [0.4, 0.5) is 16.3 Å². The Labute approximate surface area is 254 Å². The van der Waals surface area contributed by atoms with Crippen LogP contribution in [0.2, 0.25) is 0 Å². The van der Waals surface area contributed by atoms with E-state index in [9.17, 15) is 4.79 Å². The van der Waals surface area contributed by atoms with Crippen molar-refractivity contribution < 1.29 is 9.53 Å². The summed E-state index contributed by atoms with van der Waals surface area (Å²) in [5, 5.41) is 13.2. The molecule has 3 heterocycles. The fourth-order valence-electron chi connectivity index (χ4n) is 6.07. The molecule has 0 radical (unpaired) electrons. The van der Waals surface area contributed by atoms with Crippen LogP contribution in [0.3, 0.4) is 0 Å². The number of anilines is 2. The summed E-state index contributed by atoms with van der Waals surface area (Å²) in [5.74, 6) is 1.14. The largest absolute Gasteiger partial charge is 0.379 e. The quantitative estimate of drug-likeness (QED) is 0.253. The van der Waals surface area contributed by atoms with Gasteiger partial charge in [-0.15, -0.1) is 0 Å². The molecule has 0 bridgehead atoms. The van der Waals surface area contributed by atoms with Gasteiger partial charge < -0.3 is 10.1 Å². The van der Waals surface area contributed by atoms with Crippen molar-refractivity contribution in [1.29, 1.82) is 0 Å². The van der Waals surface area contributed by atoms with Crippen LogP contribution in [0.15, 0.2) is 66.9 Å². The maximum Gasteiger partial charge on any atom is 0.324 e. The fourth-order valence-corrected chi connectivity index (χ4v) is 6.07. The Bertz CT molecular complexity index is 1630. The highest BCUT2D eigenvalue weighted by Gasteiger charge is 2.23. The molecule has 4 aromatic rings. The van der Waals surface area contributed by atoms with Crippen molar-refractivity contribution in [2.45, 2.75) is 52.4 Å². The zero-order valence-electron chi connectivity index (χ0n) is 25.7. The van der Waals surface area contributed by atoms with E-state index in [1.165, 1.54) is 24.0 Å². The highest BCUT2D eigenvalue weighted by molar-refractivity contribution is 6.08. The third-order valence-electron chi connectivity index (χ3n) is 8.43. The first-order valence-corrected chi connectivity index (χ1v) is 15.4. The van der Waals surface area contributed by atoms with E-state index in [0.29, 0.717) is 11.7 Å². The topological polar surface area (TPSA) is 84.3 Å². The highest BCUT2D eigenvalue weighted by Crippen LogP contribution is 2.37. The molecule has 8 nitrogen and oxygen atoms in total. The number of nitrogens with zero attached hydrogens (tertiary/aromatic N) is 4. The van der Waals surface area contributed by atoms with Crippen LogP contribution in [0.25, 0.3) is 22.0 Å². The molecule has 6 rings (SSSR count). The first-order valence-electron chi connectivity index (χ1n) is 15.4. The normalized spacial score (nSPS) is 18.0. The summed E-state index contributed by atoms with van der Waals surface area (Å²) in [6.07, 6.45) is 7.76. The van der Waals surface area contributed by atoms with Gasteiger partial charge in [-0.25, -0.2) is 9.48 Å². The lowest BCUT2D eigenvalue weighted by atomic mass is 9.85. The van der Waals surface area contributed by atoms with Crippen LogP contribution in [0.1, 0.15) is 57.0 Å². The van der Waals surface area contributed by atoms with Crippen LogP contribution in [-0.4, -0.2) is 58.5 Å². The van der Waals surface area contributed by atoms with Gasteiger partial charge in [0.15, 0.2) is 0 Å². The molecular formula is C35H42N6O2. The van der Waals surface area contributed by atoms with Crippen molar-refractivity contribution in [3.05, 3.63) is 83.8 Å². The minimum Gasteiger partial charge on any atom is -0.379 e. The maximum absolute atomic E-state index is 13.4. The van der Waals surface area contributed by atoms with Crippen LogP contribution in [0.5, 0.6) is 0 Å². The zero-order chi connectivity index (χ0) is 30.0. The van der Waals surface area contributed by atoms with Crippen LogP contribution in [0, 0.1) is 12.8 Å². The number of ether oxygens (including phenoxy) is 1. The van der Waals surface area contributed by atoms with Gasteiger partial charge in [-0.05, 0) is 66.8 Å². The number of benzene rings is 2. The third kappa shape index (κ3) is 6.65. The van der Waals surface area contributed by atoms with Crippen LogP contribution >= 0.6 is 0 Å². The molecular weight excluding hydrogens is 536 g/mol. The minimum atomic E-state index is -0.318. The molecule has 1 fully saturated rings. The molecule has 2 aromatic heterocycles. The minimum absolute atomic E-state index is 0.183. The number of fused-ring (bicyclic) bond motifs is 1. The molecule has 0 spiro atoms. The van der Waals surface area contributed by atoms with Crippen molar-refractivity contribution >= 4 is 33.9 Å². The summed E-state index contributed by atoms with van der Waals surface area (Å²) < 4.78 is 7.29. The second-order valence-electron chi connectivity index (χ2n) is 12.8. The molecule has 224 valence electrons. The Morgan fingerprint density at radius 1 is 1.02 bits per heavy atom. The monoisotopic (exact) mass is 578 g/mol. The summed E-state index contributed by atoms with van der Waals surface area (Å²) in [4.78, 5) is 20.4. The number of hydrogen-bond acceptors (Lipinski definition) is 5. The molecule has 2 amide bonds. The van der Waals surface area contributed by atoms with Gasteiger partial charge in [0.25, 0.3) is 0 Å². The third-order valence-corrected chi connectivity index (χ3v) is 8.43. The molecule has 1 unspecified atom stereocenters. The summed E-state index contributed by atoms with van der Waals surface area (Å²) in [5.41, 5.74) is 5.85. The van der Waals surface area contributed by atoms with E-state index in [1.54, 1.807) is 10.9 Å². The number of carbonyl (C=O) groups is 1. The van der Waals surface area contributed by atoms with E-state index in [4.69, 9.17) is 9.84 Å². The number of pyridine rings is 1. The van der Waals surface area contributed by atoms with Gasteiger partial charge in [0.05, 0.1) is 36.5 Å². The SMILES string of the molecule is Cc1ccc(-n2nc(C(C)(C)C)cc2NC(=O)Nc2ccc(C3=CC(CN4CCOCC4)CCC3)c3ccccc23)cn1. The number of aryl methyl sites for hydroxylation is 1. The number of hydrogen-bond donors (Lipinski definition) is 2. The molecule has 1 atom stereocenters. The Hall–Kier alpha value is -4.01. The molecule has 1 aliphatic heterocycles. The summed E-state index contributed by atoms with van der Waals surface area (Å²) >= 11 is 0. The summed E-state index contributed by atoms with van der Waals surface area (Å²) in [6, 6.07) is 18.1. The predicted molar refractivity (Wildman–Crippen MR) is 174 cm³/mol. The van der Waals surface area contributed by atoms with E-state index < -0.39 is 0 Å². The van der Waals surface area contributed by atoms with E-state index in [0.717, 1.165) is 72.8 Å². The molecule has 8 heteroatoms. The molecule has 2 aliphatic rings. The van der Waals surface area contributed by atoms with Crippen LogP contribution in [-0.2, 0) is 10.2 Å². The number of rotatable bonds is 6. The average Bonchev–Trinajstić information content (AvgIpc) is 3.43. The second kappa shape index (κ2) is 12.3. The molecule has 2 N–H and O–H groups in total. The van der Waals surface area contributed by atoms with Gasteiger partial charge in [-0.2, -0.15) is 5.10 Å². The number of aromatic nitrogens is 3. The van der Waals surface area contributed by atoms with E-state index in [-0.39, 0.29) is 11.4 Å². The van der Waals surface area contributed by atoms with Gasteiger partial charge in [-0.3, -0.25) is 15.2 Å². The van der Waals surface area contributed by atoms with Gasteiger partial charge in [0.2, 0.25) is 0 Å². The first kappa shape index (κ1) is 29.1. The maximum atomic E-state index is 13.4. The number of nitrogens with one attached hydrogen (secondary N) is 2. The predicted octanol–water partition coefficient (Wildman–Crippen LogP) is 7.19. The fraction of sp³-hybridized carbons (Fsp3) is 0.400. The van der Waals surface area contributed by atoms with E-state index in [1.807, 2.05) is 37.3 Å². The number of morpholine rings is 1. The van der Waals surface area contributed by atoms with Crippen LogP contribution < -0.4 is 10.6 Å². The molecule has 0 saturated carbocycles. The number of carbonyl (C=O) groups excluding carboxylic acids is 1. The number of amides is 2. The second-order valence-corrected chi connectivity index (χ2v) is 12.8. The van der Waals surface area contributed by atoms with Gasteiger partial charge in [0.1, 0.15) is 5.82 Å². The van der Waals surface area contributed by atoms with Crippen molar-refractivity contribution in [3.63, 3.8) is 0 Å². The summed E-state index contributed by atoms with van der Waals surface area (Å²) in [7, 11) is 0. The molecule has 43 heavy (non-hydrogen) atoms. The van der Waals surface area contributed by atoms with E-state index in [2.05, 4.69) is 71.6 Å². The van der Waals surface area contributed by atoms with Gasteiger partial charge >= 0.3 is 6.03 Å². The lowest BCUT2D eigenvalue weighted by Crippen LogP contribution is -2.39. The first-order chi connectivity index (χ1) is 20.7. The number of urea groups is 1. The van der Waals surface area contributed by atoms with Crippen molar-refractivity contribution in [2.75, 3.05) is 43.5 Å². The standard InChI is InChI=1S/C35H42N6O2/c1-24-12-13-27(22-36-24)41-33(21-32(39-41)35(2,3)4)38-34(42)37-31-15-14-28(29-10-5-6-11-30(29)31)26-9-7-8-25(20-26)23-40-16-18-43-19-17-40/h5-6,10-15,20-22,25H,7-9,16-19,23H2,1-4H3,(H2,37,38,42). The van der Waals surface area contributed by atoms with Crippen molar-refractivity contribution in [1.82, 2.24) is 19.7 Å². The smallest absolute Gasteiger partial charge is 0.324 e.